The Morgan fingerprint density at radius 3 is 2.66 bits per heavy atom. The number of hydrogen-bond acceptors (Lipinski definition) is 6. The molecule has 3 aliphatic heterocycles. The molecule has 4 aliphatic rings. The number of fused-ring (bicyclic) bond motifs is 1. The number of hydrogen-bond donors (Lipinski definition) is 1. The van der Waals surface area contributed by atoms with E-state index in [-0.39, 0.29) is 23.3 Å². The zero-order valence-electron chi connectivity index (χ0n) is 19.9. The van der Waals surface area contributed by atoms with E-state index in [2.05, 4.69) is 24.1 Å². The number of carbonyl (C=O) groups excluding carboxylic acids is 2. The average molecular weight is 475 g/mol. The van der Waals surface area contributed by atoms with Crippen molar-refractivity contribution in [3.8, 4) is 11.5 Å². The van der Waals surface area contributed by atoms with Crippen molar-refractivity contribution in [3.63, 3.8) is 0 Å². The van der Waals surface area contributed by atoms with Crippen molar-refractivity contribution in [2.24, 2.45) is 0 Å². The molecule has 0 saturated carbocycles. The van der Waals surface area contributed by atoms with Crippen LogP contribution in [-0.2, 0) is 12.0 Å². The van der Waals surface area contributed by atoms with Crippen LogP contribution in [0, 0.1) is 0 Å². The molecule has 3 atom stereocenters. The lowest BCUT2D eigenvalue weighted by Gasteiger charge is -2.35. The van der Waals surface area contributed by atoms with Crippen molar-refractivity contribution in [1.82, 2.24) is 9.80 Å². The van der Waals surface area contributed by atoms with Crippen LogP contribution in [0.5, 0.6) is 11.5 Å². The smallest absolute Gasteiger partial charge is 0.261 e. The highest BCUT2D eigenvalue weighted by Gasteiger charge is 2.52. The average Bonchev–Trinajstić information content (AvgIpc) is 3.25. The fraction of sp³-hybridized carbons (Fsp3) is 0.429. The molecule has 7 heteroatoms. The van der Waals surface area contributed by atoms with Crippen LogP contribution < -0.4 is 9.47 Å². The molecule has 2 aromatic rings. The van der Waals surface area contributed by atoms with Crippen molar-refractivity contribution in [2.45, 2.75) is 49.9 Å². The van der Waals surface area contributed by atoms with Crippen molar-refractivity contribution >= 4 is 11.8 Å². The third-order valence-corrected chi connectivity index (χ3v) is 7.84. The zero-order chi connectivity index (χ0) is 24.2. The van der Waals surface area contributed by atoms with E-state index >= 15 is 0 Å². The first-order chi connectivity index (χ1) is 17.0. The Hall–Kier alpha value is -3.16. The highest BCUT2D eigenvalue weighted by atomic mass is 16.5. The minimum Gasteiger partial charge on any atom is -0.490 e. The number of aliphatic hydroxyl groups is 1. The van der Waals surface area contributed by atoms with E-state index in [4.69, 9.17) is 9.47 Å². The van der Waals surface area contributed by atoms with Crippen molar-refractivity contribution in [1.29, 1.82) is 0 Å². The molecule has 2 aromatic carbocycles. The Labute approximate surface area is 204 Å². The quantitative estimate of drug-likeness (QED) is 0.393. The Bertz CT molecular complexity index is 1190. The topological polar surface area (TPSA) is 79.3 Å². The maximum absolute atomic E-state index is 12.5. The molecular formula is C28H30N2O5. The van der Waals surface area contributed by atoms with Gasteiger partial charge in [0.15, 0.2) is 11.5 Å². The SMILES string of the molecule is CN1CC[C@@]23C=C[C@H](O)C[C@@H]2Oc2c(OCCCCN4C(=O)c5ccccc5C4=O)ccc(c23)C1. The molecule has 1 aliphatic carbocycles. The predicted molar refractivity (Wildman–Crippen MR) is 130 cm³/mol. The van der Waals surface area contributed by atoms with Crippen molar-refractivity contribution < 1.29 is 24.2 Å². The summed E-state index contributed by atoms with van der Waals surface area (Å²) in [6.07, 6.45) is 6.38. The lowest BCUT2D eigenvalue weighted by Crippen LogP contribution is -2.42. The molecule has 0 radical (unpaired) electrons. The van der Waals surface area contributed by atoms with Crippen LogP contribution in [0.25, 0.3) is 0 Å². The lowest BCUT2D eigenvalue weighted by atomic mass is 9.69. The normalized spacial score (nSPS) is 26.7. The van der Waals surface area contributed by atoms with E-state index in [9.17, 15) is 14.7 Å². The van der Waals surface area contributed by atoms with Crippen LogP contribution in [-0.4, -0.2) is 65.7 Å². The standard InChI is InChI=1S/C28H30N2O5/c1-29-14-12-28-11-10-19(31)16-23(28)35-25-22(9-8-18(17-29)24(25)28)34-15-5-4-13-30-26(32)20-6-2-3-7-21(20)27(30)33/h2-3,6-11,19,23,31H,4-5,12-17H2,1H3/t19-,23-,28-/m0/s1. The summed E-state index contributed by atoms with van der Waals surface area (Å²) in [4.78, 5) is 28.8. The van der Waals surface area contributed by atoms with Gasteiger partial charge in [0, 0.05) is 25.1 Å². The van der Waals surface area contributed by atoms with Gasteiger partial charge >= 0.3 is 0 Å². The molecule has 1 spiro atoms. The maximum atomic E-state index is 12.5. The summed E-state index contributed by atoms with van der Waals surface area (Å²) in [5, 5.41) is 10.2. The number of rotatable bonds is 6. The van der Waals surface area contributed by atoms with E-state index in [0.717, 1.165) is 31.0 Å². The number of imide groups is 1. The van der Waals surface area contributed by atoms with Gasteiger partial charge in [-0.05, 0) is 56.6 Å². The van der Waals surface area contributed by atoms with E-state index < -0.39 is 6.10 Å². The van der Waals surface area contributed by atoms with Crippen LogP contribution in [0.4, 0.5) is 0 Å². The monoisotopic (exact) mass is 474 g/mol. The molecule has 0 fully saturated rings. The third-order valence-electron chi connectivity index (χ3n) is 7.84. The van der Waals surface area contributed by atoms with E-state index in [0.29, 0.717) is 43.5 Å². The summed E-state index contributed by atoms with van der Waals surface area (Å²) in [5.41, 5.74) is 3.21. The summed E-state index contributed by atoms with van der Waals surface area (Å²) >= 11 is 0. The van der Waals surface area contributed by atoms with Gasteiger partial charge in [-0.25, -0.2) is 0 Å². The number of benzene rings is 2. The van der Waals surface area contributed by atoms with Gasteiger partial charge in [0.2, 0.25) is 0 Å². The highest BCUT2D eigenvalue weighted by Crippen LogP contribution is 2.55. The Morgan fingerprint density at radius 2 is 1.89 bits per heavy atom. The molecule has 35 heavy (non-hydrogen) atoms. The van der Waals surface area contributed by atoms with E-state index in [1.54, 1.807) is 24.3 Å². The Balaban J connectivity index is 1.14. The molecule has 7 nitrogen and oxygen atoms in total. The largest absolute Gasteiger partial charge is 0.490 e. The minimum absolute atomic E-state index is 0.0960. The van der Waals surface area contributed by atoms with Gasteiger partial charge in [0.1, 0.15) is 6.10 Å². The Morgan fingerprint density at radius 1 is 1.11 bits per heavy atom. The number of ether oxygens (including phenoxy) is 2. The summed E-state index contributed by atoms with van der Waals surface area (Å²) in [6.45, 7) is 2.66. The molecule has 3 heterocycles. The summed E-state index contributed by atoms with van der Waals surface area (Å²) in [6, 6.07) is 11.1. The second-order valence-corrected chi connectivity index (χ2v) is 10.1. The van der Waals surface area contributed by atoms with Crippen LogP contribution in [0.2, 0.25) is 0 Å². The summed E-state index contributed by atoms with van der Waals surface area (Å²) in [5.74, 6) is 1.10. The van der Waals surface area contributed by atoms with Crippen molar-refractivity contribution in [3.05, 3.63) is 70.8 Å². The molecule has 1 N–H and O–H groups in total. The highest BCUT2D eigenvalue weighted by molar-refractivity contribution is 6.21. The molecule has 182 valence electrons. The molecule has 6 rings (SSSR count). The van der Waals surface area contributed by atoms with Gasteiger partial charge < -0.3 is 19.5 Å². The number of unbranched alkanes of at least 4 members (excludes halogenated alkanes) is 1. The van der Waals surface area contributed by atoms with Crippen LogP contribution in [0.15, 0.2) is 48.6 Å². The fourth-order valence-electron chi connectivity index (χ4n) is 6.03. The molecule has 2 amide bonds. The van der Waals surface area contributed by atoms with Gasteiger partial charge in [-0.15, -0.1) is 0 Å². The van der Waals surface area contributed by atoms with Gasteiger partial charge in [-0.3, -0.25) is 14.5 Å². The predicted octanol–water partition coefficient (Wildman–Crippen LogP) is 3.30. The first kappa shape index (κ1) is 22.3. The van der Waals surface area contributed by atoms with Crippen molar-refractivity contribution in [2.75, 3.05) is 26.7 Å². The van der Waals surface area contributed by atoms with E-state index in [1.165, 1.54) is 16.0 Å². The zero-order valence-corrected chi connectivity index (χ0v) is 19.9. The molecule has 0 unspecified atom stereocenters. The lowest BCUT2D eigenvalue weighted by molar-refractivity contribution is 0.0649. The van der Waals surface area contributed by atoms with Crippen LogP contribution in [0.3, 0.4) is 0 Å². The molecule has 0 bridgehead atoms. The number of carbonyl (C=O) groups is 2. The molecular weight excluding hydrogens is 444 g/mol. The molecule has 0 aromatic heterocycles. The third kappa shape index (κ3) is 3.56. The van der Waals surface area contributed by atoms with Gasteiger partial charge in [-0.2, -0.15) is 0 Å². The van der Waals surface area contributed by atoms with Gasteiger partial charge in [0.05, 0.1) is 29.3 Å². The fourth-order valence-corrected chi connectivity index (χ4v) is 6.03. The molecule has 0 saturated heterocycles. The second-order valence-electron chi connectivity index (χ2n) is 10.1. The van der Waals surface area contributed by atoms with Gasteiger partial charge in [0.25, 0.3) is 11.8 Å². The van der Waals surface area contributed by atoms with Crippen LogP contribution >= 0.6 is 0 Å². The summed E-state index contributed by atoms with van der Waals surface area (Å²) < 4.78 is 12.7. The second kappa shape index (κ2) is 8.50. The first-order valence-corrected chi connectivity index (χ1v) is 12.4. The maximum Gasteiger partial charge on any atom is 0.261 e. The first-order valence-electron chi connectivity index (χ1n) is 12.4. The number of nitrogens with zero attached hydrogens (tertiary/aromatic N) is 2. The number of aliphatic hydroxyl groups excluding tert-OH is 1. The minimum atomic E-state index is -0.490. The van der Waals surface area contributed by atoms with E-state index in [1.807, 2.05) is 12.1 Å². The summed E-state index contributed by atoms with van der Waals surface area (Å²) in [7, 11) is 2.14. The van der Waals surface area contributed by atoms with Crippen LogP contribution in [0.1, 0.15) is 57.5 Å². The number of amides is 2. The van der Waals surface area contributed by atoms with Gasteiger partial charge in [-0.1, -0.05) is 30.4 Å². The Kier molecular flexibility index (Phi) is 5.42.